The van der Waals surface area contributed by atoms with E-state index in [0.717, 1.165) is 6.42 Å². The maximum atomic E-state index is 12.7. The molecule has 0 unspecified atom stereocenters. The summed E-state index contributed by atoms with van der Waals surface area (Å²) in [4.78, 5) is 22.8. The van der Waals surface area contributed by atoms with Gasteiger partial charge < -0.3 is 9.42 Å². The minimum absolute atomic E-state index is 0.182. The number of hydrogen-bond acceptors (Lipinski definition) is 6. The highest BCUT2D eigenvalue weighted by molar-refractivity contribution is 5.93. The van der Waals surface area contributed by atoms with E-state index >= 15 is 0 Å². The SMILES string of the molecule is CCN(Cc1noc(CC(C)C)n1)C(=O)c1cc2ncccn2n1. The largest absolute Gasteiger partial charge is 0.339 e. The maximum Gasteiger partial charge on any atom is 0.274 e. The van der Waals surface area contributed by atoms with E-state index in [1.165, 1.54) is 0 Å². The number of amides is 1. The fourth-order valence-corrected chi connectivity index (χ4v) is 2.38. The van der Waals surface area contributed by atoms with Crippen LogP contribution in [0.15, 0.2) is 29.0 Å². The fourth-order valence-electron chi connectivity index (χ4n) is 2.38. The van der Waals surface area contributed by atoms with Crippen LogP contribution in [0, 0.1) is 5.92 Å². The smallest absolute Gasteiger partial charge is 0.274 e. The monoisotopic (exact) mass is 328 g/mol. The Hall–Kier alpha value is -2.77. The van der Waals surface area contributed by atoms with Crippen molar-refractivity contribution in [3.63, 3.8) is 0 Å². The van der Waals surface area contributed by atoms with E-state index < -0.39 is 0 Å². The molecule has 8 heteroatoms. The van der Waals surface area contributed by atoms with Gasteiger partial charge in [-0.3, -0.25) is 4.79 Å². The summed E-state index contributed by atoms with van der Waals surface area (Å²) < 4.78 is 6.81. The zero-order valence-corrected chi connectivity index (χ0v) is 14.0. The molecular formula is C16H20N6O2. The van der Waals surface area contributed by atoms with Crippen molar-refractivity contribution in [2.75, 3.05) is 6.54 Å². The third-order valence-corrected chi connectivity index (χ3v) is 3.55. The van der Waals surface area contributed by atoms with Crippen molar-refractivity contribution in [2.24, 2.45) is 5.92 Å². The van der Waals surface area contributed by atoms with E-state index in [0.29, 0.717) is 35.5 Å². The molecule has 8 nitrogen and oxygen atoms in total. The molecule has 3 aromatic rings. The van der Waals surface area contributed by atoms with E-state index in [9.17, 15) is 4.79 Å². The molecule has 3 heterocycles. The van der Waals surface area contributed by atoms with Gasteiger partial charge in [0.25, 0.3) is 5.91 Å². The highest BCUT2D eigenvalue weighted by Gasteiger charge is 2.20. The number of nitrogens with zero attached hydrogens (tertiary/aromatic N) is 6. The van der Waals surface area contributed by atoms with E-state index in [4.69, 9.17) is 4.52 Å². The van der Waals surface area contributed by atoms with Crippen LogP contribution < -0.4 is 0 Å². The Morgan fingerprint density at radius 3 is 2.96 bits per heavy atom. The molecule has 0 aliphatic carbocycles. The molecule has 0 saturated heterocycles. The van der Waals surface area contributed by atoms with E-state index in [-0.39, 0.29) is 12.5 Å². The predicted octanol–water partition coefficient (Wildman–Crippen LogP) is 1.97. The highest BCUT2D eigenvalue weighted by Crippen LogP contribution is 2.11. The maximum absolute atomic E-state index is 12.7. The van der Waals surface area contributed by atoms with Gasteiger partial charge in [-0.1, -0.05) is 19.0 Å². The molecule has 0 spiro atoms. The molecular weight excluding hydrogens is 308 g/mol. The van der Waals surface area contributed by atoms with Crippen LogP contribution in [0.25, 0.3) is 5.65 Å². The van der Waals surface area contributed by atoms with Gasteiger partial charge in [-0.25, -0.2) is 9.50 Å². The first-order chi connectivity index (χ1) is 11.6. The molecule has 0 N–H and O–H groups in total. The van der Waals surface area contributed by atoms with Crippen LogP contribution in [0.3, 0.4) is 0 Å². The summed E-state index contributed by atoms with van der Waals surface area (Å²) in [6.45, 7) is 6.89. The van der Waals surface area contributed by atoms with Gasteiger partial charge in [0, 0.05) is 31.4 Å². The zero-order valence-electron chi connectivity index (χ0n) is 14.0. The van der Waals surface area contributed by atoms with Gasteiger partial charge >= 0.3 is 0 Å². The van der Waals surface area contributed by atoms with Crippen molar-refractivity contribution in [1.82, 2.24) is 29.6 Å². The fraction of sp³-hybridized carbons (Fsp3) is 0.438. The topological polar surface area (TPSA) is 89.4 Å². The van der Waals surface area contributed by atoms with Crippen molar-refractivity contribution in [3.8, 4) is 0 Å². The second-order valence-corrected chi connectivity index (χ2v) is 5.97. The van der Waals surface area contributed by atoms with Crippen LogP contribution >= 0.6 is 0 Å². The third-order valence-electron chi connectivity index (χ3n) is 3.55. The van der Waals surface area contributed by atoms with E-state index in [2.05, 4.69) is 34.1 Å². The van der Waals surface area contributed by atoms with Gasteiger partial charge in [-0.2, -0.15) is 10.1 Å². The Morgan fingerprint density at radius 2 is 2.25 bits per heavy atom. The first-order valence-electron chi connectivity index (χ1n) is 7.98. The molecule has 0 saturated carbocycles. The number of fused-ring (bicyclic) bond motifs is 1. The quantitative estimate of drug-likeness (QED) is 0.687. The average molecular weight is 328 g/mol. The van der Waals surface area contributed by atoms with Crippen LogP contribution in [0.2, 0.25) is 0 Å². The third kappa shape index (κ3) is 3.42. The molecule has 1 amide bonds. The molecule has 24 heavy (non-hydrogen) atoms. The Bertz CT molecular complexity index is 805. The van der Waals surface area contributed by atoms with Gasteiger partial charge in [0.2, 0.25) is 5.89 Å². The average Bonchev–Trinajstić information content (AvgIpc) is 3.17. The molecule has 3 aromatic heterocycles. The minimum atomic E-state index is -0.182. The molecule has 0 radical (unpaired) electrons. The Balaban J connectivity index is 1.75. The van der Waals surface area contributed by atoms with E-state index in [1.807, 2.05) is 6.92 Å². The number of carbonyl (C=O) groups is 1. The first kappa shape index (κ1) is 16.1. The second-order valence-electron chi connectivity index (χ2n) is 5.97. The lowest BCUT2D eigenvalue weighted by Gasteiger charge is -2.17. The summed E-state index contributed by atoms with van der Waals surface area (Å²) in [5.41, 5.74) is 0.983. The van der Waals surface area contributed by atoms with Crippen molar-refractivity contribution in [2.45, 2.75) is 33.7 Å². The Morgan fingerprint density at radius 1 is 1.42 bits per heavy atom. The van der Waals surface area contributed by atoms with Crippen LogP contribution in [-0.2, 0) is 13.0 Å². The number of aromatic nitrogens is 5. The number of hydrogen-bond donors (Lipinski definition) is 0. The van der Waals surface area contributed by atoms with Crippen molar-refractivity contribution in [1.29, 1.82) is 0 Å². The minimum Gasteiger partial charge on any atom is -0.339 e. The van der Waals surface area contributed by atoms with Crippen molar-refractivity contribution < 1.29 is 9.32 Å². The molecule has 126 valence electrons. The lowest BCUT2D eigenvalue weighted by molar-refractivity contribution is 0.0741. The lowest BCUT2D eigenvalue weighted by Crippen LogP contribution is -2.31. The van der Waals surface area contributed by atoms with Crippen LogP contribution in [0.4, 0.5) is 0 Å². The molecule has 0 aliphatic heterocycles. The predicted molar refractivity (Wildman–Crippen MR) is 86.2 cm³/mol. The summed E-state index contributed by atoms with van der Waals surface area (Å²) in [5, 5.41) is 8.22. The summed E-state index contributed by atoms with van der Waals surface area (Å²) in [5.74, 6) is 1.36. The van der Waals surface area contributed by atoms with Gasteiger partial charge in [0.05, 0.1) is 6.54 Å². The molecule has 0 atom stereocenters. The molecule has 0 aromatic carbocycles. The highest BCUT2D eigenvalue weighted by atomic mass is 16.5. The van der Waals surface area contributed by atoms with E-state index in [1.54, 1.807) is 33.9 Å². The van der Waals surface area contributed by atoms with Gasteiger partial charge in [-0.15, -0.1) is 0 Å². The lowest BCUT2D eigenvalue weighted by atomic mass is 10.1. The van der Waals surface area contributed by atoms with Gasteiger partial charge in [0.15, 0.2) is 17.2 Å². The molecule has 0 bridgehead atoms. The van der Waals surface area contributed by atoms with Crippen molar-refractivity contribution >= 4 is 11.6 Å². The molecule has 0 fully saturated rings. The van der Waals surface area contributed by atoms with Crippen LogP contribution in [0.5, 0.6) is 0 Å². The molecule has 3 rings (SSSR count). The summed E-state index contributed by atoms with van der Waals surface area (Å²) in [6, 6.07) is 3.44. The summed E-state index contributed by atoms with van der Waals surface area (Å²) in [7, 11) is 0. The van der Waals surface area contributed by atoms with Crippen LogP contribution in [0.1, 0.15) is 43.0 Å². The Labute approximate surface area is 139 Å². The second kappa shape index (κ2) is 6.77. The van der Waals surface area contributed by atoms with Crippen LogP contribution in [-0.4, -0.2) is 42.1 Å². The van der Waals surface area contributed by atoms with Crippen molar-refractivity contribution in [3.05, 3.63) is 41.9 Å². The normalized spacial score (nSPS) is 11.3. The number of rotatable bonds is 6. The zero-order chi connectivity index (χ0) is 17.1. The molecule has 0 aliphatic rings. The standard InChI is InChI=1S/C16H20N6O2/c1-4-21(10-13-18-15(24-20-13)8-11(2)3)16(23)12-9-14-17-6-5-7-22(14)19-12/h5-7,9,11H,4,8,10H2,1-3H3. The Kier molecular flexibility index (Phi) is 4.54. The summed E-state index contributed by atoms with van der Waals surface area (Å²) >= 11 is 0. The number of carbonyl (C=O) groups excluding carboxylic acids is 1. The first-order valence-corrected chi connectivity index (χ1v) is 7.98. The van der Waals surface area contributed by atoms with Gasteiger partial charge in [0.1, 0.15) is 0 Å². The summed E-state index contributed by atoms with van der Waals surface area (Å²) in [6.07, 6.45) is 4.15. The van der Waals surface area contributed by atoms with Gasteiger partial charge in [-0.05, 0) is 18.9 Å².